The van der Waals surface area contributed by atoms with Gasteiger partial charge in [0.2, 0.25) is 0 Å². The van der Waals surface area contributed by atoms with Gasteiger partial charge in [-0.2, -0.15) is 0 Å². The Hall–Kier alpha value is -1.16. The van der Waals surface area contributed by atoms with E-state index < -0.39 is 0 Å². The number of hydrogen-bond acceptors (Lipinski definition) is 3. The maximum Gasteiger partial charge on any atom is 0.0521 e. The molecule has 0 aliphatic heterocycles. The lowest BCUT2D eigenvalue weighted by Gasteiger charge is -1.93. The van der Waals surface area contributed by atoms with Crippen molar-refractivity contribution in [1.29, 1.82) is 0 Å². The molecule has 0 saturated carbocycles. The quantitative estimate of drug-likeness (QED) is 0.535. The minimum atomic E-state index is 1.33. The molecule has 3 aromatic rings. The van der Waals surface area contributed by atoms with Crippen LogP contribution in [0.4, 0.5) is 0 Å². The zero-order valence-corrected chi connectivity index (χ0v) is 12.4. The van der Waals surface area contributed by atoms with E-state index in [2.05, 4.69) is 60.2 Å². The van der Waals surface area contributed by atoms with E-state index in [0.29, 0.717) is 0 Å². The lowest BCUT2D eigenvalue weighted by molar-refractivity contribution is 1.75. The second kappa shape index (κ2) is 5.22. The molecule has 3 heterocycles. The summed E-state index contributed by atoms with van der Waals surface area (Å²) in [6.07, 6.45) is 4.31. The van der Waals surface area contributed by atoms with Gasteiger partial charge in [-0.25, -0.2) is 0 Å². The van der Waals surface area contributed by atoms with E-state index in [-0.39, 0.29) is 0 Å². The van der Waals surface area contributed by atoms with E-state index in [1.54, 1.807) is 22.7 Å². The van der Waals surface area contributed by atoms with E-state index in [0.717, 1.165) is 0 Å². The molecule has 0 fully saturated rings. The average molecular weight is 288 g/mol. The van der Waals surface area contributed by atoms with Crippen molar-refractivity contribution in [1.82, 2.24) is 0 Å². The number of rotatable bonds is 3. The van der Waals surface area contributed by atoms with Crippen molar-refractivity contribution in [2.24, 2.45) is 0 Å². The summed E-state index contributed by atoms with van der Waals surface area (Å²) in [4.78, 5) is 5.46. The highest BCUT2D eigenvalue weighted by Gasteiger charge is 2.11. The van der Waals surface area contributed by atoms with E-state index in [4.69, 9.17) is 0 Å². The highest BCUT2D eigenvalue weighted by molar-refractivity contribution is 7.26. The van der Waals surface area contributed by atoms with Crippen LogP contribution < -0.4 is 0 Å². The summed E-state index contributed by atoms with van der Waals surface area (Å²) >= 11 is 5.49. The Bertz CT molecular complexity index is 640. The monoisotopic (exact) mass is 288 g/mol. The molecule has 3 rings (SSSR count). The maximum atomic E-state index is 2.30. The maximum absolute atomic E-state index is 2.30. The van der Waals surface area contributed by atoms with Gasteiger partial charge < -0.3 is 0 Å². The Morgan fingerprint density at radius 3 is 2.28 bits per heavy atom. The van der Waals surface area contributed by atoms with Crippen molar-refractivity contribution in [2.45, 2.75) is 6.92 Å². The molecule has 0 atom stereocenters. The van der Waals surface area contributed by atoms with E-state index in [1.807, 2.05) is 11.3 Å². The van der Waals surface area contributed by atoms with Crippen LogP contribution in [0.15, 0.2) is 47.2 Å². The smallest absolute Gasteiger partial charge is 0.0521 e. The molecule has 18 heavy (non-hydrogen) atoms. The van der Waals surface area contributed by atoms with Gasteiger partial charge >= 0.3 is 0 Å². The fourth-order valence-electron chi connectivity index (χ4n) is 1.85. The topological polar surface area (TPSA) is 0 Å². The van der Waals surface area contributed by atoms with E-state index >= 15 is 0 Å². The Labute approximate surface area is 119 Å². The van der Waals surface area contributed by atoms with Crippen molar-refractivity contribution < 1.29 is 0 Å². The molecule has 0 saturated heterocycles. The summed E-state index contributed by atoms with van der Waals surface area (Å²) in [5.41, 5.74) is 1.33. The summed E-state index contributed by atoms with van der Waals surface area (Å²) in [7, 11) is 0. The van der Waals surface area contributed by atoms with Gasteiger partial charge in [-0.05, 0) is 41.4 Å². The molecule has 0 nitrogen and oxygen atoms in total. The van der Waals surface area contributed by atoms with Crippen LogP contribution in [-0.4, -0.2) is 0 Å². The van der Waals surface area contributed by atoms with Crippen molar-refractivity contribution >= 4 is 40.1 Å². The summed E-state index contributed by atoms with van der Waals surface area (Å²) in [5.74, 6) is 0. The Morgan fingerprint density at radius 2 is 1.67 bits per heavy atom. The minimum Gasteiger partial charge on any atom is -0.143 e. The van der Waals surface area contributed by atoms with Gasteiger partial charge in [-0.1, -0.05) is 24.3 Å². The normalized spacial score (nSPS) is 11.4. The van der Waals surface area contributed by atoms with Crippen molar-refractivity contribution in [3.63, 3.8) is 0 Å². The third-order valence-electron chi connectivity index (χ3n) is 2.62. The largest absolute Gasteiger partial charge is 0.143 e. The van der Waals surface area contributed by atoms with Crippen LogP contribution in [0.25, 0.3) is 25.6 Å². The van der Waals surface area contributed by atoms with Crippen LogP contribution in [0.2, 0.25) is 0 Å². The Morgan fingerprint density at radius 1 is 0.944 bits per heavy atom. The molecular weight excluding hydrogens is 276 g/mol. The molecule has 0 spiro atoms. The Kier molecular flexibility index (Phi) is 3.46. The summed E-state index contributed by atoms with van der Waals surface area (Å²) in [6, 6.07) is 10.9. The first-order valence-corrected chi connectivity index (χ1v) is 8.30. The predicted molar refractivity (Wildman–Crippen MR) is 85.7 cm³/mol. The van der Waals surface area contributed by atoms with Crippen LogP contribution in [0.1, 0.15) is 12.5 Å². The molecule has 0 unspecified atom stereocenters. The second-order valence-electron chi connectivity index (χ2n) is 3.85. The number of allylic oxidation sites excluding steroid dienone is 1. The highest BCUT2D eigenvalue weighted by atomic mass is 32.1. The molecule has 0 aromatic carbocycles. The van der Waals surface area contributed by atoms with E-state index in [1.165, 1.54) is 25.1 Å². The first-order valence-electron chi connectivity index (χ1n) is 5.73. The Balaban J connectivity index is 2.13. The van der Waals surface area contributed by atoms with Gasteiger partial charge in [-0.15, -0.1) is 34.0 Å². The molecular formula is C15H12S3. The second-order valence-corrected chi connectivity index (χ2v) is 6.80. The summed E-state index contributed by atoms with van der Waals surface area (Å²) in [6.45, 7) is 2.07. The fourth-order valence-corrected chi connectivity index (χ4v) is 4.70. The zero-order chi connectivity index (χ0) is 12.4. The van der Waals surface area contributed by atoms with Crippen molar-refractivity contribution in [3.8, 4) is 19.5 Å². The molecule has 3 heteroatoms. The van der Waals surface area contributed by atoms with Gasteiger partial charge in [0.25, 0.3) is 0 Å². The molecule has 0 amide bonds. The van der Waals surface area contributed by atoms with Gasteiger partial charge in [0.15, 0.2) is 0 Å². The molecule has 0 radical (unpaired) electrons. The summed E-state index contributed by atoms with van der Waals surface area (Å²) in [5, 5.41) is 4.27. The lowest BCUT2D eigenvalue weighted by Crippen LogP contribution is -1.68. The zero-order valence-electron chi connectivity index (χ0n) is 9.92. The van der Waals surface area contributed by atoms with Crippen LogP contribution in [-0.2, 0) is 0 Å². The van der Waals surface area contributed by atoms with Crippen LogP contribution in [0.5, 0.6) is 0 Å². The van der Waals surface area contributed by atoms with Gasteiger partial charge in [0.1, 0.15) is 0 Å². The highest BCUT2D eigenvalue weighted by Crippen LogP contribution is 2.41. The third-order valence-corrected chi connectivity index (χ3v) is 5.88. The van der Waals surface area contributed by atoms with Crippen molar-refractivity contribution in [3.05, 3.63) is 52.7 Å². The van der Waals surface area contributed by atoms with Crippen LogP contribution in [0.3, 0.4) is 0 Å². The lowest BCUT2D eigenvalue weighted by atomic mass is 10.2. The predicted octanol–water partition coefficient (Wildman–Crippen LogP) is 6.24. The van der Waals surface area contributed by atoms with Gasteiger partial charge in [0.05, 0.1) is 4.88 Å². The number of thiophene rings is 3. The molecule has 0 aliphatic rings. The third kappa shape index (κ3) is 2.21. The molecule has 0 N–H and O–H groups in total. The molecule has 3 aromatic heterocycles. The first kappa shape index (κ1) is 11.9. The molecule has 0 aliphatic carbocycles. The summed E-state index contributed by atoms with van der Waals surface area (Å²) < 4.78 is 0. The van der Waals surface area contributed by atoms with Gasteiger partial charge in [0, 0.05) is 14.6 Å². The van der Waals surface area contributed by atoms with Gasteiger partial charge in [-0.3, -0.25) is 0 Å². The fraction of sp³-hybridized carbons (Fsp3) is 0.0667. The molecule has 0 bridgehead atoms. The standard InChI is InChI=1S/C15H12S3/c1-2-5-11-10-14(12-6-3-8-16-12)18-15(11)13-7-4-9-17-13/h2-10H,1H3/b5-2+. The number of hydrogen-bond donors (Lipinski definition) is 0. The van der Waals surface area contributed by atoms with Crippen LogP contribution >= 0.6 is 34.0 Å². The van der Waals surface area contributed by atoms with Crippen LogP contribution in [0, 0.1) is 0 Å². The first-order chi connectivity index (χ1) is 8.88. The minimum absolute atomic E-state index is 1.33. The average Bonchev–Trinajstić information content (AvgIpc) is 3.11. The van der Waals surface area contributed by atoms with E-state index in [9.17, 15) is 0 Å². The SMILES string of the molecule is C/C=C/c1cc(-c2cccs2)sc1-c1cccs1. The van der Waals surface area contributed by atoms with Crippen molar-refractivity contribution in [2.75, 3.05) is 0 Å². The molecule has 90 valence electrons.